The molecule has 4 rings (SSSR count). The molecule has 2 aromatic carbocycles. The number of para-hydroxylation sites is 2. The van der Waals surface area contributed by atoms with E-state index >= 15 is 0 Å². The average molecular weight is 346 g/mol. The molecule has 0 saturated heterocycles. The van der Waals surface area contributed by atoms with Crippen molar-refractivity contribution in [3.8, 4) is 0 Å². The van der Waals surface area contributed by atoms with Gasteiger partial charge in [-0.3, -0.25) is 4.79 Å². The van der Waals surface area contributed by atoms with Crippen molar-refractivity contribution in [1.82, 2.24) is 9.97 Å². The number of benzene rings is 2. The molecule has 0 bridgehead atoms. The van der Waals surface area contributed by atoms with Gasteiger partial charge in [-0.1, -0.05) is 55.7 Å². The molecule has 1 heterocycles. The standard InChI is InChI=1S/C22H22N2O2/c25-21(14-20-22(26)24-19-9-5-4-8-18(19)23-20)17-12-10-16(11-13-17)15-6-2-1-3-7-15/h4-5,8-15,25H,1-3,6-7H2,(H,24,26). The number of nitrogens with one attached hydrogen (secondary N) is 1. The van der Waals surface area contributed by atoms with Crippen molar-refractivity contribution in [2.45, 2.75) is 38.0 Å². The molecule has 1 aliphatic carbocycles. The topological polar surface area (TPSA) is 66.0 Å². The van der Waals surface area contributed by atoms with Crippen LogP contribution in [-0.4, -0.2) is 15.1 Å². The Balaban J connectivity index is 1.61. The number of H-pyrrole nitrogens is 1. The zero-order chi connectivity index (χ0) is 17.9. The Morgan fingerprint density at radius 1 is 1.04 bits per heavy atom. The number of fused-ring (bicyclic) bond motifs is 1. The largest absolute Gasteiger partial charge is 0.507 e. The van der Waals surface area contributed by atoms with Gasteiger partial charge < -0.3 is 10.1 Å². The van der Waals surface area contributed by atoms with Gasteiger partial charge in [-0.25, -0.2) is 4.98 Å². The summed E-state index contributed by atoms with van der Waals surface area (Å²) in [6, 6.07) is 15.4. The molecule has 0 amide bonds. The Bertz CT molecular complexity index is 997. The molecular weight excluding hydrogens is 324 g/mol. The molecule has 0 spiro atoms. The van der Waals surface area contributed by atoms with Gasteiger partial charge in [0.15, 0.2) is 0 Å². The van der Waals surface area contributed by atoms with Gasteiger partial charge in [0.25, 0.3) is 5.56 Å². The third-order valence-corrected chi connectivity index (χ3v) is 5.18. The van der Waals surface area contributed by atoms with Crippen LogP contribution in [0.1, 0.15) is 54.8 Å². The van der Waals surface area contributed by atoms with E-state index in [2.05, 4.69) is 22.1 Å². The first-order valence-electron chi connectivity index (χ1n) is 9.21. The summed E-state index contributed by atoms with van der Waals surface area (Å²) >= 11 is 0. The van der Waals surface area contributed by atoms with E-state index in [1.165, 1.54) is 43.7 Å². The molecule has 1 fully saturated rings. The van der Waals surface area contributed by atoms with E-state index in [4.69, 9.17) is 0 Å². The highest BCUT2D eigenvalue weighted by Crippen LogP contribution is 2.33. The van der Waals surface area contributed by atoms with Gasteiger partial charge >= 0.3 is 0 Å². The second-order valence-electron chi connectivity index (χ2n) is 6.95. The summed E-state index contributed by atoms with van der Waals surface area (Å²) in [6.45, 7) is 0. The Hall–Kier alpha value is -2.88. The molecule has 1 aromatic heterocycles. The van der Waals surface area contributed by atoms with E-state index in [0.717, 1.165) is 0 Å². The lowest BCUT2D eigenvalue weighted by Gasteiger charge is -2.22. The summed E-state index contributed by atoms with van der Waals surface area (Å²) in [5.74, 6) is 0.683. The van der Waals surface area contributed by atoms with Crippen LogP contribution in [0, 0.1) is 0 Å². The van der Waals surface area contributed by atoms with Crippen molar-refractivity contribution in [3.63, 3.8) is 0 Å². The fraction of sp³-hybridized carbons (Fsp3) is 0.273. The van der Waals surface area contributed by atoms with Gasteiger partial charge in [0.05, 0.1) is 11.0 Å². The van der Waals surface area contributed by atoms with E-state index in [1.54, 1.807) is 6.07 Å². The van der Waals surface area contributed by atoms with Gasteiger partial charge in [0, 0.05) is 11.6 Å². The molecule has 3 aromatic rings. The minimum Gasteiger partial charge on any atom is -0.507 e. The summed E-state index contributed by atoms with van der Waals surface area (Å²) in [6.07, 6.45) is 7.86. The Morgan fingerprint density at radius 2 is 1.77 bits per heavy atom. The summed E-state index contributed by atoms with van der Waals surface area (Å²) < 4.78 is 0. The lowest BCUT2D eigenvalue weighted by Crippen LogP contribution is -2.12. The maximum atomic E-state index is 12.2. The molecule has 0 aliphatic heterocycles. The van der Waals surface area contributed by atoms with Crippen LogP contribution in [0.3, 0.4) is 0 Å². The van der Waals surface area contributed by atoms with Crippen molar-refractivity contribution < 1.29 is 5.11 Å². The van der Waals surface area contributed by atoms with Crippen LogP contribution >= 0.6 is 0 Å². The maximum Gasteiger partial charge on any atom is 0.274 e. The smallest absolute Gasteiger partial charge is 0.274 e. The number of aliphatic hydroxyl groups excluding tert-OH is 1. The Morgan fingerprint density at radius 3 is 2.54 bits per heavy atom. The number of aromatic amines is 1. The quantitative estimate of drug-likeness (QED) is 0.654. The number of hydrogen-bond donors (Lipinski definition) is 2. The van der Waals surface area contributed by atoms with Gasteiger partial charge in [-0.15, -0.1) is 0 Å². The van der Waals surface area contributed by atoms with E-state index in [-0.39, 0.29) is 17.0 Å². The Kier molecular flexibility index (Phi) is 4.57. The molecule has 26 heavy (non-hydrogen) atoms. The molecule has 1 saturated carbocycles. The monoisotopic (exact) mass is 346 g/mol. The normalized spacial score (nSPS) is 16.1. The summed E-state index contributed by atoms with van der Waals surface area (Å²) in [5, 5.41) is 10.4. The molecule has 132 valence electrons. The van der Waals surface area contributed by atoms with Crippen molar-refractivity contribution in [2.24, 2.45) is 0 Å². The van der Waals surface area contributed by atoms with Crippen molar-refractivity contribution in [2.75, 3.05) is 0 Å². The third-order valence-electron chi connectivity index (χ3n) is 5.18. The number of nitrogens with zero attached hydrogens (tertiary/aromatic N) is 1. The molecular formula is C22H22N2O2. The molecule has 0 unspecified atom stereocenters. The maximum absolute atomic E-state index is 12.2. The predicted molar refractivity (Wildman–Crippen MR) is 105 cm³/mol. The van der Waals surface area contributed by atoms with Crippen LogP contribution in [0.2, 0.25) is 0 Å². The second kappa shape index (κ2) is 7.16. The SMILES string of the molecule is O=c1[nH]c2ccccc2nc1C=C(O)c1ccc(C2CCCCC2)cc1. The highest BCUT2D eigenvalue weighted by atomic mass is 16.3. The minimum absolute atomic E-state index is 0.0495. The third kappa shape index (κ3) is 3.40. The van der Waals surface area contributed by atoms with Crippen molar-refractivity contribution >= 4 is 22.9 Å². The van der Waals surface area contributed by atoms with Crippen LogP contribution in [-0.2, 0) is 0 Å². The highest BCUT2D eigenvalue weighted by Gasteiger charge is 2.15. The highest BCUT2D eigenvalue weighted by molar-refractivity contribution is 5.79. The van der Waals surface area contributed by atoms with Gasteiger partial charge in [0.2, 0.25) is 0 Å². The van der Waals surface area contributed by atoms with Crippen LogP contribution in [0.15, 0.2) is 53.3 Å². The van der Waals surface area contributed by atoms with Gasteiger partial charge in [0.1, 0.15) is 11.5 Å². The zero-order valence-corrected chi connectivity index (χ0v) is 14.6. The van der Waals surface area contributed by atoms with Crippen molar-refractivity contribution in [1.29, 1.82) is 0 Å². The first kappa shape index (κ1) is 16.6. The van der Waals surface area contributed by atoms with E-state index in [0.29, 0.717) is 22.5 Å². The minimum atomic E-state index is -0.311. The van der Waals surface area contributed by atoms with Gasteiger partial charge in [-0.2, -0.15) is 0 Å². The van der Waals surface area contributed by atoms with E-state index < -0.39 is 0 Å². The molecule has 4 heteroatoms. The lowest BCUT2D eigenvalue weighted by molar-refractivity contribution is 0.443. The lowest BCUT2D eigenvalue weighted by atomic mass is 9.84. The van der Waals surface area contributed by atoms with Crippen molar-refractivity contribution in [3.05, 3.63) is 75.7 Å². The first-order chi connectivity index (χ1) is 12.7. The fourth-order valence-electron chi connectivity index (χ4n) is 3.72. The first-order valence-corrected chi connectivity index (χ1v) is 9.21. The predicted octanol–water partition coefficient (Wildman–Crippen LogP) is 5.03. The second-order valence-corrected chi connectivity index (χ2v) is 6.95. The molecule has 0 atom stereocenters. The molecule has 4 nitrogen and oxygen atoms in total. The molecule has 0 radical (unpaired) electrons. The number of hydrogen-bond acceptors (Lipinski definition) is 3. The average Bonchev–Trinajstić information content (AvgIpc) is 2.69. The van der Waals surface area contributed by atoms with Crippen LogP contribution in [0.25, 0.3) is 22.9 Å². The molecule has 2 N–H and O–H groups in total. The van der Waals surface area contributed by atoms with Crippen LogP contribution < -0.4 is 5.56 Å². The summed E-state index contributed by atoms with van der Waals surface area (Å²) in [5.41, 5.74) is 3.30. The number of aliphatic hydroxyl groups is 1. The van der Waals surface area contributed by atoms with E-state index in [9.17, 15) is 9.90 Å². The fourth-order valence-corrected chi connectivity index (χ4v) is 3.72. The summed E-state index contributed by atoms with van der Waals surface area (Å²) in [7, 11) is 0. The number of rotatable bonds is 3. The molecule has 1 aliphatic rings. The summed E-state index contributed by atoms with van der Waals surface area (Å²) in [4.78, 5) is 19.3. The Labute approximate surface area is 152 Å². The van der Waals surface area contributed by atoms with Gasteiger partial charge in [-0.05, 0) is 36.5 Å². The van der Waals surface area contributed by atoms with E-state index in [1.807, 2.05) is 30.3 Å². The number of aromatic nitrogens is 2. The van der Waals surface area contributed by atoms with Crippen LogP contribution in [0.5, 0.6) is 0 Å². The zero-order valence-electron chi connectivity index (χ0n) is 14.6. The van der Waals surface area contributed by atoms with Crippen LogP contribution in [0.4, 0.5) is 0 Å².